The van der Waals surface area contributed by atoms with Crippen LogP contribution in [0.5, 0.6) is 0 Å². The van der Waals surface area contributed by atoms with Crippen molar-refractivity contribution in [1.29, 1.82) is 0 Å². The smallest absolute Gasteiger partial charge is 0.462 e. The van der Waals surface area contributed by atoms with Gasteiger partial charge >= 0.3 is 39.5 Å². The largest absolute Gasteiger partial charge is 0.472 e. The molecule has 0 spiro atoms. The summed E-state index contributed by atoms with van der Waals surface area (Å²) in [7, 11) is -9.91. The third-order valence-corrected chi connectivity index (χ3v) is 19.8. The number of carbonyl (C=O) groups is 4. The van der Waals surface area contributed by atoms with Gasteiger partial charge in [-0.1, -0.05) is 312 Å². The van der Waals surface area contributed by atoms with Crippen LogP contribution in [0.2, 0.25) is 0 Å². The molecule has 0 fully saturated rings. The van der Waals surface area contributed by atoms with Crippen molar-refractivity contribution < 1.29 is 80.2 Å². The van der Waals surface area contributed by atoms with Crippen molar-refractivity contribution in [3.05, 3.63) is 0 Å². The molecule has 19 heteroatoms. The van der Waals surface area contributed by atoms with E-state index in [1.807, 2.05) is 0 Å². The number of aliphatic hydroxyl groups is 1. The topological polar surface area (TPSA) is 237 Å². The molecule has 0 heterocycles. The molecule has 0 bridgehead atoms. The Morgan fingerprint density at radius 1 is 0.304 bits per heavy atom. The zero-order valence-electron chi connectivity index (χ0n) is 60.2. The van der Waals surface area contributed by atoms with Crippen LogP contribution in [0.3, 0.4) is 0 Å². The molecule has 0 aliphatic carbocycles. The lowest BCUT2D eigenvalue weighted by Gasteiger charge is -2.21. The van der Waals surface area contributed by atoms with Gasteiger partial charge in [0, 0.05) is 25.7 Å². The number of ether oxygens (including phenoxy) is 4. The Labute approximate surface area is 562 Å². The third kappa shape index (κ3) is 62.8. The molecule has 0 amide bonds. The molecule has 0 radical (unpaired) electrons. The van der Waals surface area contributed by atoms with Crippen molar-refractivity contribution in [3.8, 4) is 0 Å². The number of unbranched alkanes of at least 4 members (excludes halogenated alkanes) is 33. The van der Waals surface area contributed by atoms with Crippen LogP contribution in [0.1, 0.15) is 364 Å². The summed E-state index contributed by atoms with van der Waals surface area (Å²) in [5.74, 6) is 0.954. The lowest BCUT2D eigenvalue weighted by molar-refractivity contribution is -0.161. The number of rotatable bonds is 70. The molecule has 0 saturated heterocycles. The minimum absolute atomic E-state index is 0.103. The first-order valence-corrected chi connectivity index (χ1v) is 40.8. The standard InChI is InChI=1S/C73H142O17P2/c1-9-64(6)50-42-34-26-20-16-14-12-13-15-17-23-29-39-47-55-72(77)89-69(60-84-71(76)54-46-38-32-31-36-44-52-66(8)11-3)62-88-92(81,82)86-58-67(74)57-85-91(79,80)87-61-68(90-73(78)56-48-40-30-24-25-33-41-49-63(4)5)59-83-70(75)53-45-37-28-22-19-18-21-27-35-43-51-65(7)10-2/h63-69,74H,9-62H2,1-8H3,(H,79,80)(H,81,82)/t64?,65?,66?,67-,68-,69-/m1/s1. The molecule has 0 aliphatic heterocycles. The Morgan fingerprint density at radius 3 is 0.772 bits per heavy atom. The van der Waals surface area contributed by atoms with E-state index in [4.69, 9.17) is 37.0 Å². The van der Waals surface area contributed by atoms with E-state index < -0.39 is 97.5 Å². The third-order valence-electron chi connectivity index (χ3n) is 17.9. The first-order chi connectivity index (χ1) is 44.2. The summed E-state index contributed by atoms with van der Waals surface area (Å²) in [6.45, 7) is 14.2. The van der Waals surface area contributed by atoms with Crippen LogP contribution in [0, 0.1) is 23.7 Å². The van der Waals surface area contributed by atoms with Gasteiger partial charge in [-0.25, -0.2) is 9.13 Å². The molecular formula is C73H142O17P2. The summed E-state index contributed by atoms with van der Waals surface area (Å²) in [4.78, 5) is 72.6. The number of hydrogen-bond acceptors (Lipinski definition) is 15. The molecule has 546 valence electrons. The Kier molecular flexibility index (Phi) is 61.3. The molecule has 0 aromatic carbocycles. The number of aliphatic hydroxyl groups excluding tert-OH is 1. The number of phosphoric ester groups is 2. The van der Waals surface area contributed by atoms with Crippen LogP contribution in [0.4, 0.5) is 0 Å². The predicted molar refractivity (Wildman–Crippen MR) is 372 cm³/mol. The zero-order chi connectivity index (χ0) is 68.2. The van der Waals surface area contributed by atoms with Crippen molar-refractivity contribution >= 4 is 39.5 Å². The van der Waals surface area contributed by atoms with Gasteiger partial charge in [-0.3, -0.25) is 37.3 Å². The first-order valence-electron chi connectivity index (χ1n) is 37.8. The molecule has 92 heavy (non-hydrogen) atoms. The SMILES string of the molecule is CCC(C)CCCCCCCCCCCCCCCCC(=O)O[C@H](COC(=O)CCCCCCCCC(C)CC)COP(=O)(O)OC[C@H](O)COP(=O)(O)OC[C@@H](COC(=O)CCCCCCCCCCCCC(C)CC)OC(=O)CCCCCCCCCC(C)C. The minimum Gasteiger partial charge on any atom is -0.462 e. The fourth-order valence-corrected chi connectivity index (χ4v) is 12.5. The summed E-state index contributed by atoms with van der Waals surface area (Å²) >= 11 is 0. The van der Waals surface area contributed by atoms with Crippen molar-refractivity contribution in [2.45, 2.75) is 382 Å². The van der Waals surface area contributed by atoms with Gasteiger partial charge in [0.25, 0.3) is 0 Å². The van der Waals surface area contributed by atoms with Gasteiger partial charge in [0.15, 0.2) is 12.2 Å². The molecular weight excluding hydrogens is 1210 g/mol. The van der Waals surface area contributed by atoms with Crippen molar-refractivity contribution in [3.63, 3.8) is 0 Å². The Balaban J connectivity index is 5.22. The van der Waals surface area contributed by atoms with E-state index in [-0.39, 0.29) is 25.7 Å². The van der Waals surface area contributed by atoms with Gasteiger partial charge in [0.05, 0.1) is 26.4 Å². The summed E-state index contributed by atoms with van der Waals surface area (Å²) in [6.07, 6.45) is 45.8. The number of hydrogen-bond donors (Lipinski definition) is 3. The van der Waals surface area contributed by atoms with E-state index >= 15 is 0 Å². The quantitative estimate of drug-likeness (QED) is 0.0222. The molecule has 17 nitrogen and oxygen atoms in total. The van der Waals surface area contributed by atoms with Crippen LogP contribution in [0.15, 0.2) is 0 Å². The van der Waals surface area contributed by atoms with Crippen molar-refractivity contribution in [2.75, 3.05) is 39.6 Å². The second-order valence-corrected chi connectivity index (χ2v) is 30.4. The van der Waals surface area contributed by atoms with Crippen molar-refractivity contribution in [1.82, 2.24) is 0 Å². The van der Waals surface area contributed by atoms with Gasteiger partial charge in [0.2, 0.25) is 0 Å². The lowest BCUT2D eigenvalue weighted by Crippen LogP contribution is -2.30. The monoisotopic (exact) mass is 1350 g/mol. The fraction of sp³-hybridized carbons (Fsp3) is 0.945. The summed E-state index contributed by atoms with van der Waals surface area (Å²) in [5.41, 5.74) is 0. The molecule has 0 aliphatic rings. The molecule has 5 unspecified atom stereocenters. The number of carbonyl (C=O) groups excluding carboxylic acids is 4. The fourth-order valence-electron chi connectivity index (χ4n) is 10.9. The molecule has 0 aromatic heterocycles. The average molecular weight is 1350 g/mol. The molecule has 0 rings (SSSR count). The van der Waals surface area contributed by atoms with E-state index in [2.05, 4.69) is 55.4 Å². The lowest BCUT2D eigenvalue weighted by atomic mass is 9.99. The van der Waals surface area contributed by atoms with E-state index in [1.165, 1.54) is 161 Å². The summed E-state index contributed by atoms with van der Waals surface area (Å²) < 4.78 is 68.4. The highest BCUT2D eigenvalue weighted by molar-refractivity contribution is 7.47. The maximum atomic E-state index is 13.0. The highest BCUT2D eigenvalue weighted by atomic mass is 31.2. The highest BCUT2D eigenvalue weighted by Gasteiger charge is 2.30. The summed E-state index contributed by atoms with van der Waals surface area (Å²) in [6, 6.07) is 0. The van der Waals surface area contributed by atoms with E-state index in [0.29, 0.717) is 31.6 Å². The molecule has 8 atom stereocenters. The maximum absolute atomic E-state index is 13.0. The summed E-state index contributed by atoms with van der Waals surface area (Å²) in [5, 5.41) is 10.6. The maximum Gasteiger partial charge on any atom is 0.472 e. The normalized spacial score (nSPS) is 15.1. The van der Waals surface area contributed by atoms with Crippen LogP contribution in [-0.2, 0) is 65.4 Å². The second-order valence-electron chi connectivity index (χ2n) is 27.5. The first kappa shape index (κ1) is 90.1. The van der Waals surface area contributed by atoms with Gasteiger partial charge in [0.1, 0.15) is 19.3 Å². The van der Waals surface area contributed by atoms with Crippen LogP contribution in [-0.4, -0.2) is 96.7 Å². The Hall–Kier alpha value is -1.94. The minimum atomic E-state index is -4.95. The predicted octanol–water partition coefficient (Wildman–Crippen LogP) is 20.9. The van der Waals surface area contributed by atoms with Crippen LogP contribution < -0.4 is 0 Å². The zero-order valence-corrected chi connectivity index (χ0v) is 62.0. The van der Waals surface area contributed by atoms with Crippen molar-refractivity contribution in [2.24, 2.45) is 23.7 Å². The van der Waals surface area contributed by atoms with Gasteiger partial charge in [-0.2, -0.15) is 0 Å². The average Bonchev–Trinajstić information content (AvgIpc) is 1.82. The highest BCUT2D eigenvalue weighted by Crippen LogP contribution is 2.45. The van der Waals surface area contributed by atoms with E-state index in [0.717, 1.165) is 114 Å². The Bertz CT molecular complexity index is 1820. The van der Waals surface area contributed by atoms with E-state index in [1.54, 1.807) is 0 Å². The van der Waals surface area contributed by atoms with E-state index in [9.17, 15) is 43.2 Å². The van der Waals surface area contributed by atoms with Crippen LogP contribution >= 0.6 is 15.6 Å². The number of esters is 4. The second kappa shape index (κ2) is 62.6. The van der Waals surface area contributed by atoms with Crippen LogP contribution in [0.25, 0.3) is 0 Å². The van der Waals surface area contributed by atoms with Gasteiger partial charge in [-0.15, -0.1) is 0 Å². The molecule has 0 aromatic rings. The van der Waals surface area contributed by atoms with Gasteiger partial charge < -0.3 is 33.8 Å². The molecule has 0 saturated carbocycles. The molecule has 3 N–H and O–H groups in total. The Morgan fingerprint density at radius 2 is 0.522 bits per heavy atom. The van der Waals surface area contributed by atoms with Gasteiger partial charge in [-0.05, 0) is 49.4 Å². The number of phosphoric acid groups is 2.